The van der Waals surface area contributed by atoms with Crippen LogP contribution in [0.1, 0.15) is 37.6 Å². The van der Waals surface area contributed by atoms with Crippen LogP contribution in [-0.2, 0) is 16.0 Å². The van der Waals surface area contributed by atoms with E-state index in [0.29, 0.717) is 30.4 Å². The topological polar surface area (TPSA) is 75.6 Å². The number of anilines is 1. The van der Waals surface area contributed by atoms with E-state index in [1.807, 2.05) is 13.0 Å². The van der Waals surface area contributed by atoms with Gasteiger partial charge in [0.1, 0.15) is 5.01 Å². The fourth-order valence-corrected chi connectivity index (χ4v) is 4.01. The van der Waals surface area contributed by atoms with Crippen molar-refractivity contribution in [1.29, 1.82) is 0 Å². The van der Waals surface area contributed by atoms with E-state index in [4.69, 9.17) is 16.3 Å². The Balaban J connectivity index is 2.08. The fraction of sp³-hybridized carbons (Fsp3) is 0.647. The van der Waals surface area contributed by atoms with Crippen LogP contribution in [0.25, 0.3) is 0 Å². The van der Waals surface area contributed by atoms with Crippen LogP contribution in [0.4, 0.5) is 9.93 Å². The van der Waals surface area contributed by atoms with Gasteiger partial charge in [-0.25, -0.2) is 9.69 Å². The summed E-state index contributed by atoms with van der Waals surface area (Å²) in [7, 11) is 0. The molecule has 1 unspecified atom stereocenters. The molecule has 1 aliphatic heterocycles. The van der Waals surface area contributed by atoms with Crippen LogP contribution < -0.4 is 4.90 Å². The number of carbonyl (C=O) groups is 2. The number of alkyl halides is 2. The van der Waals surface area contributed by atoms with Crippen molar-refractivity contribution >= 4 is 56.0 Å². The van der Waals surface area contributed by atoms with Crippen molar-refractivity contribution in [3.8, 4) is 0 Å². The molecule has 0 aliphatic carbocycles. The van der Waals surface area contributed by atoms with Crippen molar-refractivity contribution in [3.05, 3.63) is 17.2 Å². The third-order valence-electron chi connectivity index (χ3n) is 3.94. The van der Waals surface area contributed by atoms with Crippen molar-refractivity contribution in [3.63, 3.8) is 0 Å². The molecule has 2 amide bonds. The monoisotopic (exact) mass is 478 g/mol. The standard InChI is InChI=1S/C17H24BrClN4O3S/c1-2-3-4-5-7-13-20-21-16(27-13)23-14(26-15(24)8-6-9-18)12-22(11-10-19)17(23)25/h2-3,14H,4-12H2,1H3. The quantitative estimate of drug-likeness (QED) is 0.208. The molecule has 1 aromatic rings. The molecule has 7 nitrogen and oxygen atoms in total. The van der Waals surface area contributed by atoms with Gasteiger partial charge in [0, 0.05) is 30.6 Å². The Morgan fingerprint density at radius 2 is 2.26 bits per heavy atom. The van der Waals surface area contributed by atoms with Gasteiger partial charge in [-0.3, -0.25) is 4.79 Å². The lowest BCUT2D eigenvalue weighted by Crippen LogP contribution is -2.37. The highest BCUT2D eigenvalue weighted by Gasteiger charge is 2.42. The maximum Gasteiger partial charge on any atom is 0.329 e. The van der Waals surface area contributed by atoms with Crippen LogP contribution in [0, 0.1) is 0 Å². The highest BCUT2D eigenvalue weighted by Crippen LogP contribution is 2.29. The van der Waals surface area contributed by atoms with E-state index in [9.17, 15) is 9.59 Å². The van der Waals surface area contributed by atoms with E-state index in [2.05, 4.69) is 32.2 Å². The molecule has 0 N–H and O–H groups in total. The Morgan fingerprint density at radius 1 is 1.44 bits per heavy atom. The van der Waals surface area contributed by atoms with Gasteiger partial charge in [0.2, 0.25) is 11.4 Å². The van der Waals surface area contributed by atoms with Gasteiger partial charge < -0.3 is 9.64 Å². The predicted molar refractivity (Wildman–Crippen MR) is 111 cm³/mol. The molecule has 1 fully saturated rings. The van der Waals surface area contributed by atoms with Crippen molar-refractivity contribution in [2.45, 2.75) is 45.3 Å². The van der Waals surface area contributed by atoms with Crippen molar-refractivity contribution in [1.82, 2.24) is 15.1 Å². The Morgan fingerprint density at radius 3 is 2.96 bits per heavy atom. The summed E-state index contributed by atoms with van der Waals surface area (Å²) in [5.41, 5.74) is 0. The molecule has 1 aliphatic rings. The number of esters is 1. The van der Waals surface area contributed by atoms with E-state index in [1.165, 1.54) is 16.2 Å². The second kappa shape index (κ2) is 11.6. The average molecular weight is 480 g/mol. The van der Waals surface area contributed by atoms with Gasteiger partial charge in [-0.15, -0.1) is 21.8 Å². The number of halogens is 2. The van der Waals surface area contributed by atoms with Gasteiger partial charge in [-0.1, -0.05) is 39.4 Å². The van der Waals surface area contributed by atoms with Crippen LogP contribution in [0.5, 0.6) is 0 Å². The SMILES string of the molecule is CC=CCCCc1nnc(N2C(=O)N(CCCl)CC2OC(=O)CCCBr)s1. The molecule has 27 heavy (non-hydrogen) atoms. The number of nitrogens with zero attached hydrogens (tertiary/aromatic N) is 4. The summed E-state index contributed by atoms with van der Waals surface area (Å²) in [5, 5.41) is 10.4. The molecule has 0 spiro atoms. The molecule has 0 radical (unpaired) electrons. The van der Waals surface area contributed by atoms with Crippen LogP contribution in [0.2, 0.25) is 0 Å². The maximum absolute atomic E-state index is 12.7. The zero-order chi connectivity index (χ0) is 19.6. The van der Waals surface area contributed by atoms with Crippen LogP contribution in [-0.4, -0.2) is 57.6 Å². The molecule has 1 saturated heterocycles. The summed E-state index contributed by atoms with van der Waals surface area (Å²) >= 11 is 10.5. The van der Waals surface area contributed by atoms with E-state index >= 15 is 0 Å². The van der Waals surface area contributed by atoms with Crippen molar-refractivity contribution < 1.29 is 14.3 Å². The molecule has 0 saturated carbocycles. The number of unbranched alkanes of at least 4 members (excludes halogenated alkanes) is 1. The summed E-state index contributed by atoms with van der Waals surface area (Å²) in [6, 6.07) is -0.259. The molecule has 150 valence electrons. The normalized spacial score (nSPS) is 17.3. The highest BCUT2D eigenvalue weighted by molar-refractivity contribution is 9.09. The summed E-state index contributed by atoms with van der Waals surface area (Å²) in [5.74, 6) is -0.0167. The molecule has 1 aromatic heterocycles. The lowest BCUT2D eigenvalue weighted by Gasteiger charge is -2.19. The third-order valence-corrected chi connectivity index (χ3v) is 5.65. The first-order valence-electron chi connectivity index (χ1n) is 8.93. The van der Waals surface area contributed by atoms with Gasteiger partial charge in [0.05, 0.1) is 6.54 Å². The molecule has 0 aromatic carbocycles. The number of hydrogen-bond acceptors (Lipinski definition) is 6. The first kappa shape index (κ1) is 22.1. The molecule has 1 atom stereocenters. The van der Waals surface area contributed by atoms with Gasteiger partial charge in [0.25, 0.3) is 0 Å². The number of urea groups is 1. The highest BCUT2D eigenvalue weighted by atomic mass is 79.9. The van der Waals surface area contributed by atoms with E-state index in [0.717, 1.165) is 29.6 Å². The largest absolute Gasteiger partial charge is 0.439 e. The predicted octanol–water partition coefficient (Wildman–Crippen LogP) is 3.96. The number of allylic oxidation sites excluding steroid dienone is 2. The van der Waals surface area contributed by atoms with Crippen LogP contribution in [0.3, 0.4) is 0 Å². The zero-order valence-corrected chi connectivity index (χ0v) is 18.4. The minimum atomic E-state index is -0.702. The number of hydrogen-bond donors (Lipinski definition) is 0. The summed E-state index contributed by atoms with van der Waals surface area (Å²) in [4.78, 5) is 27.8. The molecule has 0 bridgehead atoms. The number of amides is 2. The Hall–Kier alpha value is -1.19. The minimum Gasteiger partial charge on any atom is -0.439 e. The molecular weight excluding hydrogens is 456 g/mol. The number of rotatable bonds is 11. The first-order chi connectivity index (χ1) is 13.1. The van der Waals surface area contributed by atoms with Crippen molar-refractivity contribution in [2.24, 2.45) is 0 Å². The van der Waals surface area contributed by atoms with Gasteiger partial charge in [0.15, 0.2) is 0 Å². The minimum absolute atomic E-state index is 0.259. The smallest absolute Gasteiger partial charge is 0.329 e. The van der Waals surface area contributed by atoms with Gasteiger partial charge in [-0.2, -0.15) is 0 Å². The van der Waals surface area contributed by atoms with E-state index in [1.54, 1.807) is 4.90 Å². The summed E-state index contributed by atoms with van der Waals surface area (Å²) in [6.45, 7) is 2.66. The van der Waals surface area contributed by atoms with Crippen LogP contribution in [0.15, 0.2) is 12.2 Å². The van der Waals surface area contributed by atoms with E-state index < -0.39 is 6.23 Å². The summed E-state index contributed by atoms with van der Waals surface area (Å²) < 4.78 is 5.54. The number of aryl methyl sites for hydroxylation is 1. The third kappa shape index (κ3) is 6.43. The second-order valence-corrected chi connectivity index (χ2v) is 8.18. The Bertz CT molecular complexity index is 658. The van der Waals surface area contributed by atoms with Gasteiger partial charge in [-0.05, 0) is 26.2 Å². The first-order valence-corrected chi connectivity index (χ1v) is 11.4. The van der Waals surface area contributed by atoms with Crippen LogP contribution >= 0.6 is 38.9 Å². The number of aromatic nitrogens is 2. The molecule has 2 rings (SSSR count). The van der Waals surface area contributed by atoms with E-state index in [-0.39, 0.29) is 18.5 Å². The lowest BCUT2D eigenvalue weighted by atomic mass is 10.2. The molecule has 2 heterocycles. The molecular formula is C17H24BrClN4O3S. The lowest BCUT2D eigenvalue weighted by molar-refractivity contribution is -0.148. The van der Waals surface area contributed by atoms with Crippen molar-refractivity contribution in [2.75, 3.05) is 29.2 Å². The Labute approximate surface area is 176 Å². The van der Waals surface area contributed by atoms with Gasteiger partial charge >= 0.3 is 12.0 Å². The average Bonchev–Trinajstić information content (AvgIpc) is 3.22. The fourth-order valence-electron chi connectivity index (χ4n) is 2.61. The number of ether oxygens (including phenoxy) is 1. The maximum atomic E-state index is 12.7. The Kier molecular flexibility index (Phi) is 9.50. The second-order valence-electron chi connectivity index (χ2n) is 5.96. The summed E-state index contributed by atoms with van der Waals surface area (Å²) in [6.07, 6.45) is 7.15. The zero-order valence-electron chi connectivity index (χ0n) is 15.3. The number of carbonyl (C=O) groups excluding carboxylic acids is 2. The molecule has 10 heteroatoms.